The van der Waals surface area contributed by atoms with Crippen LogP contribution in [0.3, 0.4) is 0 Å². The molecule has 5 nitrogen and oxygen atoms in total. The van der Waals surface area contributed by atoms with E-state index in [2.05, 4.69) is 17.6 Å². The summed E-state index contributed by atoms with van der Waals surface area (Å²) in [6.07, 6.45) is 4.16. The van der Waals surface area contributed by atoms with Gasteiger partial charge in [-0.1, -0.05) is 6.92 Å². The van der Waals surface area contributed by atoms with Crippen LogP contribution in [-0.4, -0.2) is 31.4 Å². The number of rotatable bonds is 6. The van der Waals surface area contributed by atoms with Crippen LogP contribution in [0.4, 0.5) is 0 Å². The molecule has 0 aromatic rings. The molecule has 0 heterocycles. The maximum Gasteiger partial charge on any atom is 0.227 e. The quantitative estimate of drug-likeness (QED) is 0.666. The van der Waals surface area contributed by atoms with E-state index in [9.17, 15) is 9.59 Å². The first-order chi connectivity index (χ1) is 9.04. The lowest BCUT2D eigenvalue weighted by Gasteiger charge is -2.37. The Labute approximate surface area is 115 Å². The van der Waals surface area contributed by atoms with E-state index in [0.29, 0.717) is 32.0 Å². The molecule has 0 radical (unpaired) electrons. The van der Waals surface area contributed by atoms with Crippen molar-refractivity contribution >= 4 is 11.8 Å². The zero-order valence-corrected chi connectivity index (χ0v) is 12.1. The highest BCUT2D eigenvalue weighted by Crippen LogP contribution is 2.38. The number of carbonyl (C=O) groups is 2. The van der Waals surface area contributed by atoms with E-state index in [4.69, 9.17) is 5.73 Å². The molecule has 1 fully saturated rings. The van der Waals surface area contributed by atoms with Gasteiger partial charge in [-0.05, 0) is 38.5 Å². The van der Waals surface area contributed by atoms with Crippen molar-refractivity contribution in [2.24, 2.45) is 17.1 Å². The van der Waals surface area contributed by atoms with Gasteiger partial charge in [0.15, 0.2) is 0 Å². The molecule has 1 rings (SSSR count). The Hall–Kier alpha value is -1.10. The van der Waals surface area contributed by atoms with Crippen LogP contribution < -0.4 is 16.4 Å². The largest absolute Gasteiger partial charge is 0.356 e. The maximum atomic E-state index is 12.3. The van der Waals surface area contributed by atoms with Crippen LogP contribution in [0.25, 0.3) is 0 Å². The zero-order valence-electron chi connectivity index (χ0n) is 12.1. The summed E-state index contributed by atoms with van der Waals surface area (Å²) in [5.74, 6) is 0.677. The molecule has 0 aromatic heterocycles. The first-order valence-electron chi connectivity index (χ1n) is 7.29. The number of carbonyl (C=O) groups excluding carboxylic acids is 2. The second-order valence-electron chi connectivity index (χ2n) is 5.63. The highest BCUT2D eigenvalue weighted by molar-refractivity contribution is 5.83. The van der Waals surface area contributed by atoms with Crippen molar-refractivity contribution in [3.63, 3.8) is 0 Å². The highest BCUT2D eigenvalue weighted by atomic mass is 16.2. The van der Waals surface area contributed by atoms with E-state index < -0.39 is 5.41 Å². The normalized spacial score (nSPS) is 26.8. The summed E-state index contributed by atoms with van der Waals surface area (Å²) >= 11 is 0. The topological polar surface area (TPSA) is 84.2 Å². The Morgan fingerprint density at radius 2 is 1.89 bits per heavy atom. The molecule has 0 atom stereocenters. The smallest absolute Gasteiger partial charge is 0.227 e. The Balaban J connectivity index is 2.40. The molecule has 110 valence electrons. The molecule has 0 spiro atoms. The molecule has 0 unspecified atom stereocenters. The number of amides is 2. The molecular weight excluding hydrogens is 242 g/mol. The van der Waals surface area contributed by atoms with Gasteiger partial charge in [0.05, 0.1) is 5.41 Å². The van der Waals surface area contributed by atoms with Crippen LogP contribution in [-0.2, 0) is 9.59 Å². The number of nitrogens with two attached hydrogens (primary N) is 1. The molecule has 0 bridgehead atoms. The summed E-state index contributed by atoms with van der Waals surface area (Å²) in [7, 11) is 0. The highest BCUT2D eigenvalue weighted by Gasteiger charge is 2.39. The lowest BCUT2D eigenvalue weighted by Crippen LogP contribution is -2.48. The van der Waals surface area contributed by atoms with E-state index in [0.717, 1.165) is 25.7 Å². The third-order valence-corrected chi connectivity index (χ3v) is 4.12. The van der Waals surface area contributed by atoms with Crippen molar-refractivity contribution < 1.29 is 9.59 Å². The minimum absolute atomic E-state index is 0.0196. The number of nitrogens with one attached hydrogen (secondary N) is 2. The number of hydrogen-bond acceptors (Lipinski definition) is 3. The summed E-state index contributed by atoms with van der Waals surface area (Å²) in [5.41, 5.74) is 5.41. The van der Waals surface area contributed by atoms with Gasteiger partial charge in [0.25, 0.3) is 0 Å². The zero-order chi connectivity index (χ0) is 14.3. The molecular formula is C14H27N3O2. The van der Waals surface area contributed by atoms with Crippen molar-refractivity contribution in [2.75, 3.05) is 19.6 Å². The SMILES string of the molecule is CCNC(=O)CCNC(=O)C1(CN)CCC(C)CC1. The average Bonchev–Trinajstić information content (AvgIpc) is 2.40. The van der Waals surface area contributed by atoms with Crippen molar-refractivity contribution in [3.8, 4) is 0 Å². The molecule has 1 aliphatic carbocycles. The van der Waals surface area contributed by atoms with Gasteiger partial charge in [0, 0.05) is 26.1 Å². The Kier molecular flexibility index (Phi) is 6.28. The predicted octanol–water partition coefficient (Wildman–Crippen LogP) is 0.784. The molecule has 0 aromatic carbocycles. The standard InChI is InChI=1S/C14H27N3O2/c1-3-16-12(18)6-9-17-13(19)14(10-15)7-4-11(2)5-8-14/h11H,3-10,15H2,1-2H3,(H,16,18)(H,17,19). The minimum atomic E-state index is -0.409. The molecule has 2 amide bonds. The van der Waals surface area contributed by atoms with E-state index in [1.165, 1.54) is 0 Å². The number of hydrogen-bond donors (Lipinski definition) is 3. The van der Waals surface area contributed by atoms with E-state index in [1.807, 2.05) is 6.92 Å². The fraction of sp³-hybridized carbons (Fsp3) is 0.857. The van der Waals surface area contributed by atoms with Crippen LogP contribution in [0.15, 0.2) is 0 Å². The molecule has 1 aliphatic rings. The fourth-order valence-corrected chi connectivity index (χ4v) is 2.60. The van der Waals surface area contributed by atoms with Gasteiger partial charge in [0.2, 0.25) is 11.8 Å². The fourth-order valence-electron chi connectivity index (χ4n) is 2.60. The Morgan fingerprint density at radius 3 is 2.42 bits per heavy atom. The van der Waals surface area contributed by atoms with Crippen LogP contribution in [0.2, 0.25) is 0 Å². The van der Waals surface area contributed by atoms with Crippen molar-refractivity contribution in [1.29, 1.82) is 0 Å². The van der Waals surface area contributed by atoms with Gasteiger partial charge in [-0.25, -0.2) is 0 Å². The van der Waals surface area contributed by atoms with Gasteiger partial charge in [-0.3, -0.25) is 9.59 Å². The molecule has 1 saturated carbocycles. The van der Waals surface area contributed by atoms with Crippen LogP contribution in [0.5, 0.6) is 0 Å². The lowest BCUT2D eigenvalue weighted by molar-refractivity contribution is -0.132. The summed E-state index contributed by atoms with van der Waals surface area (Å²) in [5, 5.41) is 5.58. The van der Waals surface area contributed by atoms with E-state index >= 15 is 0 Å². The summed E-state index contributed by atoms with van der Waals surface area (Å²) in [6.45, 7) is 5.50. The van der Waals surface area contributed by atoms with Gasteiger partial charge >= 0.3 is 0 Å². The third-order valence-electron chi connectivity index (χ3n) is 4.12. The van der Waals surface area contributed by atoms with Crippen LogP contribution in [0.1, 0.15) is 46.0 Å². The van der Waals surface area contributed by atoms with Gasteiger partial charge in [0.1, 0.15) is 0 Å². The Morgan fingerprint density at radius 1 is 1.26 bits per heavy atom. The van der Waals surface area contributed by atoms with Gasteiger partial charge < -0.3 is 16.4 Å². The molecule has 4 N–H and O–H groups in total. The van der Waals surface area contributed by atoms with Gasteiger partial charge in [-0.15, -0.1) is 0 Å². The van der Waals surface area contributed by atoms with Crippen LogP contribution in [0, 0.1) is 11.3 Å². The van der Waals surface area contributed by atoms with E-state index in [1.54, 1.807) is 0 Å². The molecule has 19 heavy (non-hydrogen) atoms. The molecule has 0 aliphatic heterocycles. The second-order valence-corrected chi connectivity index (χ2v) is 5.63. The van der Waals surface area contributed by atoms with Crippen molar-refractivity contribution in [1.82, 2.24) is 10.6 Å². The molecule has 0 saturated heterocycles. The monoisotopic (exact) mass is 269 g/mol. The van der Waals surface area contributed by atoms with E-state index in [-0.39, 0.29) is 11.8 Å². The lowest BCUT2D eigenvalue weighted by atomic mass is 9.70. The Bertz CT molecular complexity index is 310. The third kappa shape index (κ3) is 4.49. The summed E-state index contributed by atoms with van der Waals surface area (Å²) in [4.78, 5) is 23.6. The first-order valence-corrected chi connectivity index (χ1v) is 7.29. The first kappa shape index (κ1) is 16.0. The maximum absolute atomic E-state index is 12.3. The van der Waals surface area contributed by atoms with Crippen molar-refractivity contribution in [3.05, 3.63) is 0 Å². The predicted molar refractivity (Wildman–Crippen MR) is 75.4 cm³/mol. The summed E-state index contributed by atoms with van der Waals surface area (Å²) < 4.78 is 0. The van der Waals surface area contributed by atoms with Crippen LogP contribution >= 0.6 is 0 Å². The second kappa shape index (κ2) is 7.48. The van der Waals surface area contributed by atoms with Gasteiger partial charge in [-0.2, -0.15) is 0 Å². The molecule has 5 heteroatoms. The summed E-state index contributed by atoms with van der Waals surface area (Å²) in [6, 6.07) is 0. The average molecular weight is 269 g/mol. The van der Waals surface area contributed by atoms with Crippen molar-refractivity contribution in [2.45, 2.75) is 46.0 Å². The minimum Gasteiger partial charge on any atom is -0.356 e.